The number of hydrogen-bond acceptors (Lipinski definition) is 5. The first kappa shape index (κ1) is 21.7. The van der Waals surface area contributed by atoms with Crippen molar-refractivity contribution in [1.82, 2.24) is 4.90 Å². The lowest BCUT2D eigenvalue weighted by Crippen LogP contribution is -2.34. The summed E-state index contributed by atoms with van der Waals surface area (Å²) in [6.45, 7) is 5.89. The zero-order valence-electron chi connectivity index (χ0n) is 18.0. The van der Waals surface area contributed by atoms with Crippen LogP contribution < -0.4 is 5.32 Å². The third-order valence-corrected chi connectivity index (χ3v) is 6.46. The van der Waals surface area contributed by atoms with E-state index in [0.717, 1.165) is 10.4 Å². The zero-order valence-corrected chi connectivity index (χ0v) is 18.8. The van der Waals surface area contributed by atoms with Crippen molar-refractivity contribution >= 4 is 40.5 Å². The van der Waals surface area contributed by atoms with Gasteiger partial charge in [0.25, 0.3) is 5.91 Å². The Morgan fingerprint density at radius 1 is 1.19 bits per heavy atom. The number of fused-ring (bicyclic) bond motifs is 3. The molecule has 2 aromatic rings. The van der Waals surface area contributed by atoms with E-state index in [1.165, 1.54) is 18.3 Å². The van der Waals surface area contributed by atoms with E-state index in [4.69, 9.17) is 0 Å². The largest absolute Gasteiger partial charge is 0.477 e. The molecule has 0 saturated carbocycles. The average Bonchev–Trinajstić information content (AvgIpc) is 3.01. The minimum Gasteiger partial charge on any atom is -0.477 e. The maximum Gasteiger partial charge on any atom is 0.345 e. The van der Waals surface area contributed by atoms with Crippen molar-refractivity contribution < 1.29 is 19.5 Å². The molecule has 2 N–H and O–H groups in total. The molecular formula is C24H23N3O4S. The first-order valence-electron chi connectivity index (χ1n) is 10.2. The molecule has 0 radical (unpaired) electrons. The first-order valence-corrected chi connectivity index (χ1v) is 11.0. The van der Waals surface area contributed by atoms with Crippen molar-refractivity contribution in [3.05, 3.63) is 75.3 Å². The molecule has 0 aliphatic carbocycles. The molecular weight excluding hydrogens is 426 g/mol. The fourth-order valence-corrected chi connectivity index (χ4v) is 4.81. The Morgan fingerprint density at radius 2 is 1.91 bits per heavy atom. The molecule has 1 aromatic carbocycles. The Morgan fingerprint density at radius 3 is 2.56 bits per heavy atom. The molecule has 2 amide bonds. The topological polar surface area (TPSA) is 99.1 Å². The second-order valence-electron chi connectivity index (χ2n) is 8.38. The number of carbonyl (C=O) groups excluding carboxylic acids is 2. The molecule has 7 nitrogen and oxygen atoms in total. The average molecular weight is 450 g/mol. The van der Waals surface area contributed by atoms with Crippen LogP contribution in [-0.4, -0.2) is 40.0 Å². The molecule has 1 aromatic heterocycles. The maximum absolute atomic E-state index is 13.5. The molecule has 0 unspecified atom stereocenters. The number of nitrogens with one attached hydrogen (secondary N) is 1. The van der Waals surface area contributed by atoms with Gasteiger partial charge in [0.15, 0.2) is 0 Å². The van der Waals surface area contributed by atoms with Crippen LogP contribution in [0.25, 0.3) is 0 Å². The predicted octanol–water partition coefficient (Wildman–Crippen LogP) is 4.33. The van der Waals surface area contributed by atoms with E-state index in [0.29, 0.717) is 35.6 Å². The molecule has 0 fully saturated rings. The Kier molecular flexibility index (Phi) is 5.56. The van der Waals surface area contributed by atoms with Gasteiger partial charge in [-0.3, -0.25) is 14.6 Å². The molecule has 4 rings (SSSR count). The SMILES string of the molecule is CC(=O)Nc1ccc(C(=O)N2CCc3cc(C(=O)O)sc3C3=NC=CC(C)(C)C=C32)cc1. The van der Waals surface area contributed by atoms with Gasteiger partial charge in [0.1, 0.15) is 10.6 Å². The Bertz CT molecular complexity index is 1200. The molecule has 3 heterocycles. The molecule has 2 aliphatic rings. The fraction of sp³-hybridized carbons (Fsp3) is 0.250. The third-order valence-electron chi connectivity index (χ3n) is 5.29. The lowest BCUT2D eigenvalue weighted by atomic mass is 9.91. The number of nitrogens with zero attached hydrogens (tertiary/aromatic N) is 2. The summed E-state index contributed by atoms with van der Waals surface area (Å²) in [5.74, 6) is -1.32. The van der Waals surface area contributed by atoms with Gasteiger partial charge in [-0.05, 0) is 48.4 Å². The number of carbonyl (C=O) groups is 3. The highest BCUT2D eigenvalue weighted by Gasteiger charge is 2.33. The second kappa shape index (κ2) is 8.20. The lowest BCUT2D eigenvalue weighted by molar-refractivity contribution is -0.114. The zero-order chi connectivity index (χ0) is 23.0. The van der Waals surface area contributed by atoms with Gasteiger partial charge in [-0.15, -0.1) is 11.3 Å². The number of thiophene rings is 1. The normalized spacial score (nSPS) is 16.7. The predicted molar refractivity (Wildman–Crippen MR) is 124 cm³/mol. The monoisotopic (exact) mass is 449 g/mol. The number of anilines is 1. The van der Waals surface area contributed by atoms with E-state index in [9.17, 15) is 19.5 Å². The molecule has 0 atom stereocenters. The van der Waals surface area contributed by atoms with Crippen molar-refractivity contribution in [2.45, 2.75) is 27.2 Å². The number of amides is 2. The number of allylic oxidation sites excluding steroid dienone is 3. The summed E-state index contributed by atoms with van der Waals surface area (Å²) in [7, 11) is 0. The van der Waals surface area contributed by atoms with Gasteiger partial charge in [0, 0.05) is 36.3 Å². The van der Waals surface area contributed by atoms with Crippen LogP contribution in [0, 0.1) is 5.41 Å². The fourth-order valence-electron chi connectivity index (χ4n) is 3.76. The molecule has 8 heteroatoms. The second-order valence-corrected chi connectivity index (χ2v) is 9.43. The summed E-state index contributed by atoms with van der Waals surface area (Å²) in [6, 6.07) is 8.45. The van der Waals surface area contributed by atoms with Gasteiger partial charge in [0.05, 0.1) is 10.6 Å². The number of carboxylic acids is 1. The molecule has 164 valence electrons. The highest BCUT2D eigenvalue weighted by atomic mass is 32.1. The van der Waals surface area contributed by atoms with Gasteiger partial charge < -0.3 is 15.3 Å². The van der Waals surface area contributed by atoms with E-state index >= 15 is 0 Å². The molecule has 2 aliphatic heterocycles. The Balaban J connectivity index is 1.76. The maximum atomic E-state index is 13.5. The van der Waals surface area contributed by atoms with E-state index in [1.807, 2.05) is 26.0 Å². The number of aliphatic imine (C=N–C) groups is 1. The van der Waals surface area contributed by atoms with Crippen LogP contribution in [0.1, 0.15) is 51.2 Å². The summed E-state index contributed by atoms with van der Waals surface area (Å²) in [6.07, 6.45) is 6.21. The van der Waals surface area contributed by atoms with Crippen LogP contribution in [0.2, 0.25) is 0 Å². The molecule has 0 saturated heterocycles. The van der Waals surface area contributed by atoms with Crippen molar-refractivity contribution in [1.29, 1.82) is 0 Å². The summed E-state index contributed by atoms with van der Waals surface area (Å²) >= 11 is 1.19. The molecule has 0 spiro atoms. The van der Waals surface area contributed by atoms with Gasteiger partial charge in [-0.25, -0.2) is 4.79 Å². The van der Waals surface area contributed by atoms with E-state index < -0.39 is 5.97 Å². The van der Waals surface area contributed by atoms with E-state index in [2.05, 4.69) is 10.3 Å². The summed E-state index contributed by atoms with van der Waals surface area (Å²) in [5.41, 5.74) is 2.93. The van der Waals surface area contributed by atoms with Gasteiger partial charge in [-0.2, -0.15) is 0 Å². The summed E-state index contributed by atoms with van der Waals surface area (Å²) < 4.78 is 0. The molecule has 32 heavy (non-hydrogen) atoms. The Hall–Kier alpha value is -3.52. The van der Waals surface area contributed by atoms with Crippen molar-refractivity contribution in [2.24, 2.45) is 10.4 Å². The van der Waals surface area contributed by atoms with Crippen LogP contribution in [0.3, 0.4) is 0 Å². The van der Waals surface area contributed by atoms with Gasteiger partial charge in [0.2, 0.25) is 5.91 Å². The van der Waals surface area contributed by atoms with Crippen LogP contribution in [-0.2, 0) is 11.2 Å². The van der Waals surface area contributed by atoms with Crippen molar-refractivity contribution in [2.75, 3.05) is 11.9 Å². The van der Waals surface area contributed by atoms with Crippen LogP contribution >= 0.6 is 11.3 Å². The van der Waals surface area contributed by atoms with E-state index in [1.54, 1.807) is 41.4 Å². The minimum atomic E-state index is -0.967. The van der Waals surface area contributed by atoms with Gasteiger partial charge >= 0.3 is 5.97 Å². The number of carboxylic acid groups (broad SMARTS) is 1. The Labute approximate surface area is 189 Å². The molecule has 0 bridgehead atoms. The number of aromatic carboxylic acids is 1. The number of rotatable bonds is 3. The highest BCUT2D eigenvalue weighted by Crippen LogP contribution is 2.35. The van der Waals surface area contributed by atoms with Gasteiger partial charge in [-0.1, -0.05) is 19.9 Å². The third kappa shape index (κ3) is 4.27. The van der Waals surface area contributed by atoms with Crippen molar-refractivity contribution in [3.8, 4) is 0 Å². The van der Waals surface area contributed by atoms with Crippen LogP contribution in [0.15, 0.2) is 59.4 Å². The van der Waals surface area contributed by atoms with Crippen LogP contribution in [0.4, 0.5) is 5.69 Å². The van der Waals surface area contributed by atoms with E-state index in [-0.39, 0.29) is 22.1 Å². The highest BCUT2D eigenvalue weighted by molar-refractivity contribution is 7.16. The standard InChI is InChI=1S/C24H23N3O4S/c1-14(28)26-17-6-4-15(5-7-17)22(29)27-11-8-16-12-19(23(30)31)32-21(16)20-18(27)13-24(2,3)9-10-25-20/h4-7,9-10,12-13H,8,11H2,1-3H3,(H,26,28)(H,30,31). The number of hydrogen-bond donors (Lipinski definition) is 2. The number of benzene rings is 1. The minimum absolute atomic E-state index is 0.176. The lowest BCUT2D eigenvalue weighted by Gasteiger charge is -2.26. The van der Waals surface area contributed by atoms with Crippen molar-refractivity contribution in [3.63, 3.8) is 0 Å². The quantitative estimate of drug-likeness (QED) is 0.729. The first-order chi connectivity index (χ1) is 15.1. The summed E-state index contributed by atoms with van der Waals surface area (Å²) in [4.78, 5) is 43.7. The van der Waals surface area contributed by atoms with Crippen LogP contribution in [0.5, 0.6) is 0 Å². The smallest absolute Gasteiger partial charge is 0.345 e. The summed E-state index contributed by atoms with van der Waals surface area (Å²) in [5, 5.41) is 12.2.